The molecule has 0 saturated heterocycles. The molecule has 2 amide bonds. The number of nitrogens with one attached hydrogen (secondary N) is 2. The number of hydrogen-bond donors (Lipinski definition) is 3. The van der Waals surface area contributed by atoms with Crippen LogP contribution in [-0.2, 0) is 0 Å². The number of nitrogens with zero attached hydrogens (tertiary/aromatic N) is 3. The Balaban J connectivity index is 1.96. The van der Waals surface area contributed by atoms with Crippen LogP contribution in [0.2, 0.25) is 0 Å². The summed E-state index contributed by atoms with van der Waals surface area (Å²) >= 11 is 0. The van der Waals surface area contributed by atoms with Crippen LogP contribution in [0, 0.1) is 6.92 Å². The number of nitrogen functional groups attached to an aromatic ring is 1. The molecular formula is C17H18N6O. The minimum absolute atomic E-state index is 0.303. The van der Waals surface area contributed by atoms with Crippen LogP contribution in [0.4, 0.5) is 16.3 Å². The zero-order valence-electron chi connectivity index (χ0n) is 13.5. The van der Waals surface area contributed by atoms with Crippen molar-refractivity contribution in [2.24, 2.45) is 0 Å². The van der Waals surface area contributed by atoms with Gasteiger partial charge >= 0.3 is 6.03 Å². The zero-order valence-corrected chi connectivity index (χ0v) is 13.5. The lowest BCUT2D eigenvalue weighted by Gasteiger charge is -2.07. The highest BCUT2D eigenvalue weighted by Gasteiger charge is 2.07. The normalized spacial score (nSPS) is 10.6. The summed E-state index contributed by atoms with van der Waals surface area (Å²) < 4.78 is 0. The number of carbonyl (C=O) groups excluding carboxylic acids is 1. The molecule has 0 fully saturated rings. The maximum Gasteiger partial charge on any atom is 0.320 e. The second-order valence-corrected chi connectivity index (χ2v) is 5.35. The van der Waals surface area contributed by atoms with Crippen LogP contribution in [0.3, 0.4) is 0 Å². The maximum atomic E-state index is 11.6. The zero-order chi connectivity index (χ0) is 17.1. The van der Waals surface area contributed by atoms with Crippen LogP contribution in [-0.4, -0.2) is 27.5 Å². The van der Waals surface area contributed by atoms with E-state index < -0.39 is 0 Å². The first kappa shape index (κ1) is 15.7. The third kappa shape index (κ3) is 3.24. The van der Waals surface area contributed by atoms with Crippen molar-refractivity contribution in [1.82, 2.24) is 20.3 Å². The van der Waals surface area contributed by atoms with E-state index in [2.05, 4.69) is 25.6 Å². The maximum absolute atomic E-state index is 11.6. The quantitative estimate of drug-likeness (QED) is 0.643. The molecule has 7 heteroatoms. The standard InChI is InChI=1S/C17H18N6O/c1-3-19-17(24)23-15-7-6-13-16(22-15)21-14(9-20-13)11-4-5-12(18)10(2)8-11/h4-9H,3,18H2,1-2H3,(H2,19,21,22,23,24). The summed E-state index contributed by atoms with van der Waals surface area (Å²) in [4.78, 5) is 24.9. The number of benzene rings is 1. The summed E-state index contributed by atoms with van der Waals surface area (Å²) in [6, 6.07) is 8.87. The van der Waals surface area contributed by atoms with Crippen molar-refractivity contribution in [3.05, 3.63) is 42.1 Å². The highest BCUT2D eigenvalue weighted by molar-refractivity contribution is 5.89. The molecule has 7 nitrogen and oxygen atoms in total. The van der Waals surface area contributed by atoms with Gasteiger partial charge in [0.25, 0.3) is 0 Å². The average molecular weight is 322 g/mol. The second-order valence-electron chi connectivity index (χ2n) is 5.35. The van der Waals surface area contributed by atoms with Gasteiger partial charge in [-0.15, -0.1) is 0 Å². The van der Waals surface area contributed by atoms with Crippen LogP contribution in [0.25, 0.3) is 22.4 Å². The van der Waals surface area contributed by atoms with Crippen molar-refractivity contribution < 1.29 is 4.79 Å². The van der Waals surface area contributed by atoms with Crippen molar-refractivity contribution >= 4 is 28.7 Å². The lowest BCUT2D eigenvalue weighted by atomic mass is 10.1. The molecule has 0 bridgehead atoms. The van der Waals surface area contributed by atoms with Gasteiger partial charge in [0.2, 0.25) is 0 Å². The molecule has 1 aromatic carbocycles. The van der Waals surface area contributed by atoms with Crippen molar-refractivity contribution in [2.45, 2.75) is 13.8 Å². The fourth-order valence-corrected chi connectivity index (χ4v) is 2.26. The first-order valence-corrected chi connectivity index (χ1v) is 7.62. The number of fused-ring (bicyclic) bond motifs is 1. The van der Waals surface area contributed by atoms with Crippen LogP contribution in [0.15, 0.2) is 36.5 Å². The predicted molar refractivity (Wildman–Crippen MR) is 94.6 cm³/mol. The number of pyridine rings is 1. The molecule has 3 rings (SSSR count). The molecule has 0 radical (unpaired) electrons. The van der Waals surface area contributed by atoms with Gasteiger partial charge in [0.1, 0.15) is 11.3 Å². The van der Waals surface area contributed by atoms with Crippen LogP contribution >= 0.6 is 0 Å². The van der Waals surface area contributed by atoms with E-state index in [9.17, 15) is 4.79 Å². The Morgan fingerprint density at radius 2 is 2.04 bits per heavy atom. The molecule has 0 aliphatic heterocycles. The summed E-state index contributed by atoms with van der Waals surface area (Å²) in [6.07, 6.45) is 1.70. The minimum Gasteiger partial charge on any atom is -0.399 e. The van der Waals surface area contributed by atoms with E-state index in [4.69, 9.17) is 5.73 Å². The van der Waals surface area contributed by atoms with E-state index >= 15 is 0 Å². The Bertz CT molecular complexity index is 909. The van der Waals surface area contributed by atoms with Crippen LogP contribution < -0.4 is 16.4 Å². The number of amides is 2. The number of anilines is 2. The van der Waals surface area contributed by atoms with Gasteiger partial charge in [0.15, 0.2) is 5.65 Å². The number of carbonyl (C=O) groups is 1. The van der Waals surface area contributed by atoms with Crippen molar-refractivity contribution in [3.63, 3.8) is 0 Å². The molecular weight excluding hydrogens is 304 g/mol. The molecule has 2 aromatic heterocycles. The Hall–Kier alpha value is -3.22. The van der Waals surface area contributed by atoms with Gasteiger partial charge in [-0.2, -0.15) is 0 Å². The smallest absolute Gasteiger partial charge is 0.320 e. The van der Waals surface area contributed by atoms with Gasteiger partial charge in [-0.05, 0) is 43.7 Å². The van der Waals surface area contributed by atoms with Gasteiger partial charge in [-0.1, -0.05) is 6.07 Å². The molecule has 2 heterocycles. The molecule has 122 valence electrons. The van der Waals surface area contributed by atoms with E-state index in [1.165, 1.54) is 0 Å². The van der Waals surface area contributed by atoms with E-state index in [0.29, 0.717) is 29.2 Å². The summed E-state index contributed by atoms with van der Waals surface area (Å²) in [5, 5.41) is 5.32. The molecule has 0 aliphatic carbocycles. The highest BCUT2D eigenvalue weighted by Crippen LogP contribution is 2.23. The van der Waals surface area contributed by atoms with Gasteiger partial charge in [-0.25, -0.2) is 14.8 Å². The molecule has 0 spiro atoms. The third-order valence-corrected chi connectivity index (χ3v) is 3.55. The number of rotatable bonds is 3. The molecule has 4 N–H and O–H groups in total. The summed E-state index contributed by atoms with van der Waals surface area (Å²) in [7, 11) is 0. The molecule has 3 aromatic rings. The third-order valence-electron chi connectivity index (χ3n) is 3.55. The number of aromatic nitrogens is 3. The van der Waals surface area contributed by atoms with Crippen LogP contribution in [0.5, 0.6) is 0 Å². The van der Waals surface area contributed by atoms with Gasteiger partial charge in [0, 0.05) is 17.8 Å². The Kier molecular flexibility index (Phi) is 4.24. The first-order chi connectivity index (χ1) is 11.6. The molecule has 0 saturated carbocycles. The summed E-state index contributed by atoms with van der Waals surface area (Å²) in [5.74, 6) is 0.424. The first-order valence-electron chi connectivity index (χ1n) is 7.62. The number of aryl methyl sites for hydroxylation is 1. The monoisotopic (exact) mass is 322 g/mol. The van der Waals surface area contributed by atoms with E-state index in [-0.39, 0.29) is 6.03 Å². The van der Waals surface area contributed by atoms with Gasteiger partial charge in [-0.3, -0.25) is 10.3 Å². The van der Waals surface area contributed by atoms with E-state index in [1.807, 2.05) is 32.0 Å². The lowest BCUT2D eigenvalue weighted by molar-refractivity contribution is 0.252. The Labute approximate surface area is 139 Å². The second kappa shape index (κ2) is 6.49. The van der Waals surface area contributed by atoms with Crippen molar-refractivity contribution in [1.29, 1.82) is 0 Å². The molecule has 0 atom stereocenters. The number of nitrogens with two attached hydrogens (primary N) is 1. The fourth-order valence-electron chi connectivity index (χ4n) is 2.26. The van der Waals surface area contributed by atoms with Gasteiger partial charge in [0.05, 0.1) is 11.9 Å². The Morgan fingerprint density at radius 1 is 1.21 bits per heavy atom. The molecule has 0 aliphatic rings. The Morgan fingerprint density at radius 3 is 2.79 bits per heavy atom. The summed E-state index contributed by atoms with van der Waals surface area (Å²) in [5.41, 5.74) is 10.3. The number of hydrogen-bond acceptors (Lipinski definition) is 5. The molecule has 24 heavy (non-hydrogen) atoms. The topological polar surface area (TPSA) is 106 Å². The SMILES string of the molecule is CCNC(=O)Nc1ccc2ncc(-c3ccc(N)c(C)c3)nc2n1. The largest absolute Gasteiger partial charge is 0.399 e. The minimum atomic E-state index is -0.303. The van der Waals surface area contributed by atoms with E-state index in [1.54, 1.807) is 18.3 Å². The molecule has 0 unspecified atom stereocenters. The lowest BCUT2D eigenvalue weighted by Crippen LogP contribution is -2.28. The fraction of sp³-hybridized carbons (Fsp3) is 0.176. The van der Waals surface area contributed by atoms with E-state index in [0.717, 1.165) is 16.8 Å². The average Bonchev–Trinajstić information content (AvgIpc) is 2.57. The number of urea groups is 1. The van der Waals surface area contributed by atoms with Crippen molar-refractivity contribution in [2.75, 3.05) is 17.6 Å². The van der Waals surface area contributed by atoms with Crippen LogP contribution in [0.1, 0.15) is 12.5 Å². The van der Waals surface area contributed by atoms with Crippen molar-refractivity contribution in [3.8, 4) is 11.3 Å². The van der Waals surface area contributed by atoms with Gasteiger partial charge < -0.3 is 11.1 Å². The predicted octanol–water partition coefficient (Wildman–Crippen LogP) is 2.72. The summed E-state index contributed by atoms with van der Waals surface area (Å²) in [6.45, 7) is 4.33. The highest BCUT2D eigenvalue weighted by atomic mass is 16.2.